The maximum atomic E-state index is 10.1. The third-order valence-corrected chi connectivity index (χ3v) is 7.37. The summed E-state index contributed by atoms with van der Waals surface area (Å²) in [5, 5.41) is 169. The number of hydrogen-bond acceptors (Lipinski definition) is 26. The Morgan fingerprint density at radius 1 is 0.288 bits per heavy atom. The van der Waals surface area contributed by atoms with E-state index < -0.39 is 45.5 Å². The summed E-state index contributed by atoms with van der Waals surface area (Å²) < 4.78 is 0. The summed E-state index contributed by atoms with van der Waals surface area (Å²) in [6, 6.07) is 0. The molecule has 0 rings (SSSR count). The summed E-state index contributed by atoms with van der Waals surface area (Å²) in [6.07, 6.45) is 0. The van der Waals surface area contributed by atoms with Crippen LogP contribution in [0.3, 0.4) is 0 Å². The van der Waals surface area contributed by atoms with Gasteiger partial charge in [-0.2, -0.15) is 0 Å². The second-order valence-corrected chi connectivity index (χ2v) is 21.0. The normalized spacial score (nSPS) is 8.35. The van der Waals surface area contributed by atoms with Crippen molar-refractivity contribution in [3.63, 3.8) is 0 Å². The first-order chi connectivity index (χ1) is 45.3. The number of carboxylic acid groups (broad SMARTS) is 4. The van der Waals surface area contributed by atoms with Crippen LogP contribution in [-0.2, 0) is 87.5 Å². The van der Waals surface area contributed by atoms with Crippen molar-refractivity contribution in [2.75, 3.05) is 182 Å². The number of aliphatic hydroxyl groups excluding tert-OH is 6. The van der Waals surface area contributed by atoms with Crippen molar-refractivity contribution in [3.8, 4) is 0 Å². The molecule has 0 aromatic carbocycles. The van der Waals surface area contributed by atoms with E-state index in [0.29, 0.717) is 78.5 Å². The van der Waals surface area contributed by atoms with Crippen molar-refractivity contribution < 1.29 is 256 Å². The first-order valence-electron chi connectivity index (χ1n) is 27.5. The third-order valence-electron chi connectivity index (χ3n) is 7.37. The van der Waals surface area contributed by atoms with Gasteiger partial charge in [0.25, 0.3) is 0 Å². The quantitative estimate of drug-likeness (QED) is 0.0174. The smallest absolute Gasteiger partial charge is 0.854 e. The van der Waals surface area contributed by atoms with Crippen LogP contribution in [0.1, 0.15) is 96.9 Å². The van der Waals surface area contributed by atoms with Gasteiger partial charge in [-0.05, 0) is 66.2 Å². The molecule has 0 atom stereocenters. The Balaban J connectivity index is -0.0000000301. The molecule has 0 spiro atoms. The molecule has 0 aromatic heterocycles. The van der Waals surface area contributed by atoms with Gasteiger partial charge in [-0.1, -0.05) is 83.1 Å². The molecule has 0 bridgehead atoms. The van der Waals surface area contributed by atoms with Crippen LogP contribution >= 0.6 is 46.4 Å². The fourth-order valence-electron chi connectivity index (χ4n) is 2.94. The van der Waals surface area contributed by atoms with E-state index in [0.717, 1.165) is 0 Å². The summed E-state index contributed by atoms with van der Waals surface area (Å²) in [4.78, 5) is 55.3. The van der Waals surface area contributed by atoms with E-state index in [1.807, 2.05) is 0 Å². The molecule has 0 amide bonds. The molecule has 54 heteroatoms. The van der Waals surface area contributed by atoms with Gasteiger partial charge in [-0.3, -0.25) is 29.5 Å². The zero-order chi connectivity index (χ0) is 82.7. The Morgan fingerprint density at radius 3 is 0.375 bits per heavy atom. The van der Waals surface area contributed by atoms with Crippen LogP contribution in [0.15, 0.2) is 0 Å². The largest absolute Gasteiger partial charge is 3.00 e. The average Bonchev–Trinajstić information content (AvgIpc) is 3.46. The molecule has 0 saturated heterocycles. The number of aliphatic hydroxyl groups is 6. The Bertz CT molecular complexity index is 1480. The molecule has 6 radical (unpaired) electrons. The molecule has 0 aliphatic rings. The molecular formula is C50H104Cl4Dy2Fe4N22O22. The summed E-state index contributed by atoms with van der Waals surface area (Å²) in [6.45, 7) is 26.1. The van der Waals surface area contributed by atoms with Crippen LogP contribution in [0.4, 0.5) is 0 Å². The van der Waals surface area contributed by atoms with Gasteiger partial charge in [0.2, 0.25) is 0 Å². The molecule has 0 saturated carbocycles. The molecule has 626 valence electrons. The molecule has 0 aromatic rings. The van der Waals surface area contributed by atoms with Gasteiger partial charge in [-0.15, -0.1) is 99.3 Å². The summed E-state index contributed by atoms with van der Waals surface area (Å²) in [7, 11) is 0. The van der Waals surface area contributed by atoms with Gasteiger partial charge in [0.15, 0.2) is 0 Å². The van der Waals surface area contributed by atoms with Crippen LogP contribution in [0.25, 0.3) is 95.8 Å². The number of alkyl halides is 4. The fourth-order valence-corrected chi connectivity index (χ4v) is 2.94. The van der Waals surface area contributed by atoms with Crippen LogP contribution in [-0.4, -0.2) is 256 Å². The van der Waals surface area contributed by atoms with E-state index in [-0.39, 0.29) is 248 Å². The van der Waals surface area contributed by atoms with Crippen molar-refractivity contribution in [2.45, 2.75) is 96.9 Å². The predicted octanol–water partition coefficient (Wildman–Crippen LogP) is -4.84. The second kappa shape index (κ2) is 158. The van der Waals surface area contributed by atoms with E-state index in [1.165, 1.54) is 29.5 Å². The average molecular weight is 2060 g/mol. The first-order valence-corrected chi connectivity index (χ1v) is 29.7. The standard InChI is InChI=1S/4C6H13NO3.4C5H10O2.2C2H6O.2CH2Cl2.2Dy.4Fe.6N3/c4*8-4-1-7(2-5-9)3-6-10;4*1-5(2,3)4(6)7;2*1-2-3;2*2-1-3;;;;;;;6*1-3-2/h4*8H,1-6H2;4*1-3H3,(H,6,7);2*3H,2H2,1H3;2*1H2;;;;;;;;;;;;/q4*-2;;;;;;;;;6*+3;6*-1/p-4. The summed E-state index contributed by atoms with van der Waals surface area (Å²) in [5.41, 5.74) is 78.2. The second-order valence-electron chi connectivity index (χ2n) is 19.4. The maximum absolute atomic E-state index is 10.1. The third kappa shape index (κ3) is 290. The van der Waals surface area contributed by atoms with Crippen molar-refractivity contribution in [1.29, 1.82) is 0 Å². The number of carbonyl (C=O) groups excluding carboxylic acids is 4. The number of halogens is 4. The van der Waals surface area contributed by atoms with Crippen LogP contribution in [0, 0.1) is 98.0 Å². The number of rotatable bonds is 24. The summed E-state index contributed by atoms with van der Waals surface area (Å²) >= 11 is 19.1. The zero-order valence-electron chi connectivity index (χ0n) is 60.4. The fraction of sp³-hybridized carbons (Fsp3) is 0.920. The minimum Gasteiger partial charge on any atom is -0.854 e. The minimum atomic E-state index is -1.01. The van der Waals surface area contributed by atoms with Crippen LogP contribution < -0.4 is 61.3 Å². The van der Waals surface area contributed by atoms with Crippen molar-refractivity contribution >= 4 is 70.3 Å². The van der Waals surface area contributed by atoms with Gasteiger partial charge >= 0.3 is 145 Å². The SMILES string of the molecule is CC(C)(C)C(=O)[O-].CC(C)(C)C(=O)[O-].CC(C)(C)C(=O)[O-].CC(C)(C)C(=O)[O-].CCO.CCO.ClCCl.ClCCl.[Dy+3].[Dy+3].[Fe+3].[Fe+3].[Fe+3].[Fe+3].[N-]=[N+]=[N-].[N-]=[N+]=[N-].[N-]=[N+]=[N-].[N-]=[N+]=[N-].[N-]=[N+]=[N-].[N-]=[N+]=[N-].[O-]CCN(CC[O-])CCO.[O-]CCN(CC[O-])CCO.[O-]CCN(CC[O-])CCO.[O-]CCN(CC[O-])CCO. The Labute approximate surface area is 734 Å². The van der Waals surface area contributed by atoms with Gasteiger partial charge in [0.1, 0.15) is 0 Å². The molecule has 0 heterocycles. The van der Waals surface area contributed by atoms with Gasteiger partial charge < -0.3 is 197 Å². The van der Waals surface area contributed by atoms with E-state index in [9.17, 15) is 80.5 Å². The topological polar surface area (TPSA) is 832 Å². The van der Waals surface area contributed by atoms with E-state index in [2.05, 4.69) is 0 Å². The van der Waals surface area contributed by atoms with Crippen LogP contribution in [0.5, 0.6) is 0 Å². The number of aliphatic carboxylic acids is 4. The molecule has 104 heavy (non-hydrogen) atoms. The minimum absolute atomic E-state index is 0. The molecule has 44 nitrogen and oxygen atoms in total. The molecular weight excluding hydrogens is 1950 g/mol. The van der Waals surface area contributed by atoms with Gasteiger partial charge in [0, 0.05) is 84.9 Å². The van der Waals surface area contributed by atoms with Crippen molar-refractivity contribution in [2.24, 2.45) is 21.7 Å². The summed E-state index contributed by atoms with van der Waals surface area (Å²) in [5.74, 6) is -4.03. The van der Waals surface area contributed by atoms with E-state index >= 15 is 0 Å². The number of nitrogens with zero attached hydrogens (tertiary/aromatic N) is 22. The monoisotopic (exact) mass is 2060 g/mol. The van der Waals surface area contributed by atoms with Crippen molar-refractivity contribution in [1.82, 2.24) is 19.6 Å². The predicted molar refractivity (Wildman–Crippen MR) is 350 cm³/mol. The Kier molecular flexibility index (Phi) is 261. The zero-order valence-corrected chi connectivity index (χ0v) is 71.9. The van der Waals surface area contributed by atoms with Gasteiger partial charge in [0.05, 0.1) is 37.1 Å². The Hall–Kier alpha value is -1.20. The molecule has 0 unspecified atom stereocenters. The van der Waals surface area contributed by atoms with Crippen molar-refractivity contribution in [3.05, 3.63) is 95.8 Å². The number of carboxylic acids is 4. The maximum Gasteiger partial charge on any atom is 3.00 e. The molecule has 0 aliphatic carbocycles. The molecule has 6 N–H and O–H groups in total. The number of carbonyl (C=O) groups is 4. The van der Waals surface area contributed by atoms with E-state index in [4.69, 9.17) is 143 Å². The van der Waals surface area contributed by atoms with Crippen LogP contribution in [0.2, 0.25) is 0 Å². The van der Waals surface area contributed by atoms with E-state index in [1.54, 1.807) is 117 Å². The molecule has 0 fully saturated rings. The Morgan fingerprint density at radius 2 is 0.346 bits per heavy atom. The van der Waals surface area contributed by atoms with Gasteiger partial charge in [-0.25, -0.2) is 0 Å². The number of hydrogen-bond donors (Lipinski definition) is 6. The first kappa shape index (κ1) is 172. The molecule has 0 aliphatic heterocycles.